The summed E-state index contributed by atoms with van der Waals surface area (Å²) in [6.07, 6.45) is 5.58. The van der Waals surface area contributed by atoms with Crippen molar-refractivity contribution >= 4 is 28.9 Å². The molecule has 2 aromatic heterocycles. The van der Waals surface area contributed by atoms with E-state index in [9.17, 15) is 4.79 Å². The monoisotopic (exact) mass is 241 g/mol. The first kappa shape index (κ1) is 11.7. The van der Waals surface area contributed by atoms with E-state index in [-0.39, 0.29) is 5.57 Å². The third-order valence-electron chi connectivity index (χ3n) is 2.32. The fraction of sp³-hybridized carbons (Fsp3) is 0. The molecule has 0 atom stereocenters. The lowest BCUT2D eigenvalue weighted by molar-refractivity contribution is -0.112. The van der Waals surface area contributed by atoms with Crippen molar-refractivity contribution in [3.63, 3.8) is 0 Å². The van der Waals surface area contributed by atoms with Crippen LogP contribution in [0.1, 0.15) is 5.56 Å². The van der Waals surface area contributed by atoms with Gasteiger partial charge in [0.2, 0.25) is 0 Å². The number of amides is 1. The Hall–Kier alpha value is -2.76. The maximum Gasteiger partial charge on any atom is 0.250 e. The van der Waals surface area contributed by atoms with Gasteiger partial charge in [0.25, 0.3) is 5.91 Å². The molecule has 0 aliphatic carbocycles. The molecule has 4 N–H and O–H groups in total. The third kappa shape index (κ3) is 2.32. The zero-order valence-electron chi connectivity index (χ0n) is 9.45. The summed E-state index contributed by atoms with van der Waals surface area (Å²) in [5.74, 6) is -0.599. The summed E-state index contributed by atoms with van der Waals surface area (Å²) in [5, 5.41) is 0. The highest BCUT2D eigenvalue weighted by atomic mass is 16.1. The Balaban J connectivity index is 2.54. The molecule has 2 aromatic rings. The molecule has 0 bridgehead atoms. The van der Waals surface area contributed by atoms with Crippen molar-refractivity contribution in [2.24, 2.45) is 16.5 Å². The maximum absolute atomic E-state index is 11.3. The van der Waals surface area contributed by atoms with Gasteiger partial charge in [-0.05, 0) is 18.2 Å². The van der Waals surface area contributed by atoms with E-state index in [2.05, 4.69) is 15.0 Å². The predicted molar refractivity (Wildman–Crippen MR) is 69.4 cm³/mol. The molecule has 18 heavy (non-hydrogen) atoms. The molecular weight excluding hydrogens is 230 g/mol. The highest BCUT2D eigenvalue weighted by Gasteiger charge is 2.09. The first-order valence-electron chi connectivity index (χ1n) is 5.17. The van der Waals surface area contributed by atoms with Crippen LogP contribution in [0.2, 0.25) is 0 Å². The molecule has 2 rings (SSSR count). The zero-order valence-corrected chi connectivity index (χ0v) is 9.45. The van der Waals surface area contributed by atoms with Gasteiger partial charge in [-0.2, -0.15) is 0 Å². The average molecular weight is 241 g/mol. The van der Waals surface area contributed by atoms with Gasteiger partial charge >= 0.3 is 0 Å². The number of hydrogen-bond acceptors (Lipinski definition) is 4. The van der Waals surface area contributed by atoms with Crippen molar-refractivity contribution in [3.8, 4) is 0 Å². The van der Waals surface area contributed by atoms with Crippen molar-refractivity contribution in [3.05, 3.63) is 42.4 Å². The van der Waals surface area contributed by atoms with Gasteiger partial charge in [0.15, 0.2) is 0 Å². The Morgan fingerprint density at radius 1 is 1.33 bits per heavy atom. The molecule has 90 valence electrons. The van der Waals surface area contributed by atoms with Crippen molar-refractivity contribution in [2.45, 2.75) is 0 Å². The minimum Gasteiger partial charge on any atom is -0.390 e. The second-order valence-electron chi connectivity index (χ2n) is 3.47. The molecule has 1 amide bonds. The minimum absolute atomic E-state index is 0.233. The smallest absolute Gasteiger partial charge is 0.250 e. The number of carbonyl (C=O) groups is 1. The molecule has 2 heterocycles. The van der Waals surface area contributed by atoms with Gasteiger partial charge < -0.3 is 11.5 Å². The lowest BCUT2D eigenvalue weighted by atomic mass is 10.1. The molecule has 0 aliphatic rings. The lowest BCUT2D eigenvalue weighted by Crippen LogP contribution is -2.13. The lowest BCUT2D eigenvalue weighted by Gasteiger charge is -2.03. The van der Waals surface area contributed by atoms with Crippen LogP contribution in [0.25, 0.3) is 16.6 Å². The van der Waals surface area contributed by atoms with E-state index >= 15 is 0 Å². The Morgan fingerprint density at radius 2 is 2.17 bits per heavy atom. The van der Waals surface area contributed by atoms with Crippen LogP contribution < -0.4 is 11.5 Å². The van der Waals surface area contributed by atoms with E-state index in [0.717, 1.165) is 11.9 Å². The van der Waals surface area contributed by atoms with Crippen molar-refractivity contribution in [2.75, 3.05) is 0 Å². The normalized spacial score (nSPS) is 12.1. The standard InChI is InChI=1S/C12H11N5O/c13-7-15-6-9(12(14)18)8-4-11-10(17-5-8)2-1-3-16-11/h1-7H,(H2,13,15)(H2,14,18)/b9-6+. The van der Waals surface area contributed by atoms with E-state index < -0.39 is 5.91 Å². The molecule has 0 fully saturated rings. The first-order valence-corrected chi connectivity index (χ1v) is 5.17. The summed E-state index contributed by atoms with van der Waals surface area (Å²) in [6.45, 7) is 0. The number of nitrogens with zero attached hydrogens (tertiary/aromatic N) is 3. The second kappa shape index (κ2) is 5.05. The molecule has 0 spiro atoms. The summed E-state index contributed by atoms with van der Waals surface area (Å²) in [7, 11) is 0. The number of carbonyl (C=O) groups excluding carboxylic acids is 1. The first-order chi connectivity index (χ1) is 8.72. The fourth-order valence-electron chi connectivity index (χ4n) is 1.50. The molecule has 6 nitrogen and oxygen atoms in total. The number of aliphatic imine (C=N–C) groups is 1. The summed E-state index contributed by atoms with van der Waals surface area (Å²) >= 11 is 0. The van der Waals surface area contributed by atoms with Gasteiger partial charge in [0.1, 0.15) is 0 Å². The van der Waals surface area contributed by atoms with Crippen LogP contribution in [-0.2, 0) is 4.79 Å². The van der Waals surface area contributed by atoms with Gasteiger partial charge in [-0.15, -0.1) is 0 Å². The molecule has 0 radical (unpaired) electrons. The Kier molecular flexibility index (Phi) is 3.29. The van der Waals surface area contributed by atoms with Crippen molar-refractivity contribution in [1.29, 1.82) is 0 Å². The van der Waals surface area contributed by atoms with Crippen LogP contribution >= 0.6 is 0 Å². The van der Waals surface area contributed by atoms with E-state index in [0.29, 0.717) is 11.1 Å². The van der Waals surface area contributed by atoms with E-state index in [1.54, 1.807) is 24.5 Å². The van der Waals surface area contributed by atoms with Gasteiger partial charge in [-0.3, -0.25) is 14.8 Å². The number of pyridine rings is 2. The van der Waals surface area contributed by atoms with Crippen molar-refractivity contribution < 1.29 is 4.79 Å². The Morgan fingerprint density at radius 3 is 2.89 bits per heavy atom. The van der Waals surface area contributed by atoms with Crippen LogP contribution in [0.3, 0.4) is 0 Å². The molecule has 0 saturated heterocycles. The summed E-state index contributed by atoms with van der Waals surface area (Å²) in [4.78, 5) is 23.4. The number of rotatable bonds is 3. The maximum atomic E-state index is 11.3. The molecular formula is C12H11N5O. The van der Waals surface area contributed by atoms with Gasteiger partial charge in [-0.25, -0.2) is 4.99 Å². The highest BCUT2D eigenvalue weighted by molar-refractivity contribution is 6.19. The molecule has 0 aromatic carbocycles. The van der Waals surface area contributed by atoms with Gasteiger partial charge in [0, 0.05) is 24.2 Å². The Labute approximate surface area is 103 Å². The predicted octanol–water partition coefficient (Wildman–Crippen LogP) is 0.443. The van der Waals surface area contributed by atoms with Crippen LogP contribution in [0.15, 0.2) is 41.8 Å². The van der Waals surface area contributed by atoms with Crippen LogP contribution in [0.4, 0.5) is 0 Å². The van der Waals surface area contributed by atoms with E-state index in [4.69, 9.17) is 11.5 Å². The average Bonchev–Trinajstić information content (AvgIpc) is 2.38. The van der Waals surface area contributed by atoms with Crippen molar-refractivity contribution in [1.82, 2.24) is 9.97 Å². The van der Waals surface area contributed by atoms with Crippen LogP contribution in [0.5, 0.6) is 0 Å². The second-order valence-corrected chi connectivity index (χ2v) is 3.47. The quantitative estimate of drug-likeness (QED) is 0.462. The molecule has 6 heteroatoms. The van der Waals surface area contributed by atoms with E-state index in [1.165, 1.54) is 6.20 Å². The number of nitrogens with two attached hydrogens (primary N) is 2. The van der Waals surface area contributed by atoms with Gasteiger partial charge in [0.05, 0.1) is 22.9 Å². The SMILES string of the molecule is NC=N/C=C(/C(N)=O)c1cnc2cccnc2c1. The molecule has 0 unspecified atom stereocenters. The van der Waals surface area contributed by atoms with Crippen LogP contribution in [0, 0.1) is 0 Å². The fourth-order valence-corrected chi connectivity index (χ4v) is 1.50. The Bertz CT molecular complexity index is 648. The summed E-state index contributed by atoms with van der Waals surface area (Å²) in [5.41, 5.74) is 12.6. The van der Waals surface area contributed by atoms with Gasteiger partial charge in [-0.1, -0.05) is 0 Å². The number of fused-ring (bicyclic) bond motifs is 1. The molecule has 0 aliphatic heterocycles. The largest absolute Gasteiger partial charge is 0.390 e. The summed E-state index contributed by atoms with van der Waals surface area (Å²) < 4.78 is 0. The summed E-state index contributed by atoms with van der Waals surface area (Å²) in [6, 6.07) is 5.35. The zero-order chi connectivity index (χ0) is 13.0. The number of aromatic nitrogens is 2. The highest BCUT2D eigenvalue weighted by Crippen LogP contribution is 2.17. The third-order valence-corrected chi connectivity index (χ3v) is 2.32. The topological polar surface area (TPSA) is 107 Å². The number of primary amides is 1. The van der Waals surface area contributed by atoms with Crippen LogP contribution in [-0.4, -0.2) is 22.2 Å². The minimum atomic E-state index is -0.599. The number of hydrogen-bond donors (Lipinski definition) is 2. The van der Waals surface area contributed by atoms with E-state index in [1.807, 2.05) is 6.07 Å². The molecule has 0 saturated carbocycles.